The van der Waals surface area contributed by atoms with Gasteiger partial charge in [-0.05, 0) is 48.9 Å². The maximum atomic E-state index is 12.7. The Morgan fingerprint density at radius 3 is 3.00 bits per heavy atom. The van der Waals surface area contributed by atoms with Crippen molar-refractivity contribution in [3.8, 4) is 0 Å². The molecule has 0 bridgehead atoms. The van der Waals surface area contributed by atoms with Gasteiger partial charge in [-0.25, -0.2) is 0 Å². The Morgan fingerprint density at radius 2 is 2.14 bits per heavy atom. The third-order valence-electron chi connectivity index (χ3n) is 5.18. The summed E-state index contributed by atoms with van der Waals surface area (Å²) in [4.78, 5) is 26.7. The van der Waals surface area contributed by atoms with E-state index in [1.807, 2.05) is 42.5 Å². The summed E-state index contributed by atoms with van der Waals surface area (Å²) in [6, 6.07) is 13.3. The first-order valence-electron chi connectivity index (χ1n) is 9.40. The Labute approximate surface area is 163 Å². The van der Waals surface area contributed by atoms with Gasteiger partial charge in [0.1, 0.15) is 0 Å². The average Bonchev–Trinajstić information content (AvgIpc) is 3.36. The number of H-pyrrole nitrogens is 1. The molecule has 144 valence electrons. The molecule has 4 rings (SSSR count). The molecular weight excluding hydrogens is 354 g/mol. The van der Waals surface area contributed by atoms with Crippen molar-refractivity contribution in [2.45, 2.75) is 13.0 Å². The number of benzene rings is 2. The van der Waals surface area contributed by atoms with E-state index in [1.165, 1.54) is 0 Å². The molecule has 1 atom stereocenters. The maximum absolute atomic E-state index is 12.7. The molecule has 0 unspecified atom stereocenters. The average molecular weight is 377 g/mol. The van der Waals surface area contributed by atoms with Crippen LogP contribution >= 0.6 is 0 Å². The first-order valence-corrected chi connectivity index (χ1v) is 9.40. The highest BCUT2D eigenvalue weighted by molar-refractivity contribution is 6.05. The van der Waals surface area contributed by atoms with Crippen molar-refractivity contribution in [1.82, 2.24) is 20.4 Å². The molecule has 7 nitrogen and oxygen atoms in total. The number of anilines is 1. The quantitative estimate of drug-likeness (QED) is 0.637. The zero-order valence-electron chi connectivity index (χ0n) is 15.7. The minimum Gasteiger partial charge on any atom is -0.359 e. The highest BCUT2D eigenvalue weighted by Crippen LogP contribution is 2.20. The van der Waals surface area contributed by atoms with Crippen molar-refractivity contribution < 1.29 is 9.59 Å². The summed E-state index contributed by atoms with van der Waals surface area (Å²) in [6.45, 7) is 2.37. The lowest BCUT2D eigenvalue weighted by atomic mass is 10.1. The zero-order valence-corrected chi connectivity index (χ0v) is 15.7. The van der Waals surface area contributed by atoms with E-state index < -0.39 is 0 Å². The Balaban J connectivity index is 1.41. The van der Waals surface area contributed by atoms with Crippen LogP contribution in [0.15, 0.2) is 48.7 Å². The summed E-state index contributed by atoms with van der Waals surface area (Å²) in [5, 5.41) is 13.5. The van der Waals surface area contributed by atoms with Gasteiger partial charge in [-0.3, -0.25) is 19.6 Å². The molecule has 1 aromatic heterocycles. The van der Waals surface area contributed by atoms with Gasteiger partial charge in [0.05, 0.1) is 17.6 Å². The number of nitrogens with zero attached hydrogens (tertiary/aromatic N) is 2. The molecule has 7 heteroatoms. The van der Waals surface area contributed by atoms with Crippen LogP contribution in [0.25, 0.3) is 10.9 Å². The van der Waals surface area contributed by atoms with Crippen molar-refractivity contribution in [2.75, 3.05) is 25.5 Å². The Hall–Kier alpha value is -3.19. The van der Waals surface area contributed by atoms with Crippen LogP contribution in [-0.2, 0) is 11.3 Å². The number of carbonyl (C=O) groups is 2. The molecule has 0 saturated carbocycles. The van der Waals surface area contributed by atoms with Crippen LogP contribution in [0, 0.1) is 5.92 Å². The third-order valence-corrected chi connectivity index (χ3v) is 5.18. The molecule has 2 amide bonds. The van der Waals surface area contributed by atoms with Crippen molar-refractivity contribution in [3.63, 3.8) is 0 Å². The molecule has 1 aliphatic rings. The first kappa shape index (κ1) is 18.2. The number of fused-ring (bicyclic) bond motifs is 1. The van der Waals surface area contributed by atoms with Gasteiger partial charge >= 0.3 is 0 Å². The second-order valence-electron chi connectivity index (χ2n) is 7.16. The molecular formula is C21H23N5O2. The van der Waals surface area contributed by atoms with Crippen LogP contribution in [-0.4, -0.2) is 47.0 Å². The molecule has 2 aromatic carbocycles. The van der Waals surface area contributed by atoms with Crippen LogP contribution in [0.1, 0.15) is 22.3 Å². The fraction of sp³-hybridized carbons (Fsp3) is 0.286. The molecule has 3 aromatic rings. The van der Waals surface area contributed by atoms with Crippen LogP contribution in [0.4, 0.5) is 5.69 Å². The zero-order chi connectivity index (χ0) is 19.5. The van der Waals surface area contributed by atoms with Crippen molar-refractivity contribution in [2.24, 2.45) is 5.92 Å². The van der Waals surface area contributed by atoms with E-state index in [-0.39, 0.29) is 17.7 Å². The number of nitrogens with one attached hydrogen (secondary N) is 3. The highest BCUT2D eigenvalue weighted by Gasteiger charge is 2.27. The number of aromatic nitrogens is 2. The van der Waals surface area contributed by atoms with Gasteiger partial charge in [-0.1, -0.05) is 12.1 Å². The van der Waals surface area contributed by atoms with E-state index >= 15 is 0 Å². The van der Waals surface area contributed by atoms with Crippen LogP contribution in [0.3, 0.4) is 0 Å². The van der Waals surface area contributed by atoms with Gasteiger partial charge in [-0.2, -0.15) is 5.10 Å². The first-order chi connectivity index (χ1) is 13.6. The highest BCUT2D eigenvalue weighted by atomic mass is 16.2. The maximum Gasteiger partial charge on any atom is 0.255 e. The van der Waals surface area contributed by atoms with Gasteiger partial charge in [0.25, 0.3) is 5.91 Å². The number of amides is 2. The monoisotopic (exact) mass is 377 g/mol. The van der Waals surface area contributed by atoms with Gasteiger partial charge in [-0.15, -0.1) is 0 Å². The van der Waals surface area contributed by atoms with E-state index in [4.69, 9.17) is 0 Å². The summed E-state index contributed by atoms with van der Waals surface area (Å²) in [5.41, 5.74) is 3.35. The van der Waals surface area contributed by atoms with Gasteiger partial charge < -0.3 is 10.6 Å². The third kappa shape index (κ3) is 3.89. The summed E-state index contributed by atoms with van der Waals surface area (Å²) < 4.78 is 0. The second kappa shape index (κ2) is 7.82. The Morgan fingerprint density at radius 1 is 1.25 bits per heavy atom. The summed E-state index contributed by atoms with van der Waals surface area (Å²) in [7, 11) is 1.68. The lowest BCUT2D eigenvalue weighted by Gasteiger charge is -2.16. The lowest BCUT2D eigenvalue weighted by Crippen LogP contribution is -2.30. The predicted octanol–water partition coefficient (Wildman–Crippen LogP) is 2.38. The molecule has 1 saturated heterocycles. The summed E-state index contributed by atoms with van der Waals surface area (Å²) in [5.74, 6) is 0.00823. The minimum absolute atomic E-state index is 0.0503. The largest absolute Gasteiger partial charge is 0.359 e. The molecule has 2 heterocycles. The molecule has 1 fully saturated rings. The van der Waals surface area contributed by atoms with Crippen LogP contribution in [0.5, 0.6) is 0 Å². The fourth-order valence-corrected chi connectivity index (χ4v) is 3.69. The number of carbonyl (C=O) groups excluding carboxylic acids is 2. The van der Waals surface area contributed by atoms with Crippen LogP contribution < -0.4 is 10.6 Å². The normalized spacial score (nSPS) is 17.0. The van der Waals surface area contributed by atoms with Gasteiger partial charge in [0.2, 0.25) is 5.91 Å². The number of rotatable bonds is 5. The molecule has 0 radical (unpaired) electrons. The number of hydrogen-bond acceptors (Lipinski definition) is 4. The molecule has 3 N–H and O–H groups in total. The summed E-state index contributed by atoms with van der Waals surface area (Å²) >= 11 is 0. The molecule has 0 aliphatic carbocycles. The van der Waals surface area contributed by atoms with E-state index in [0.717, 1.165) is 48.2 Å². The van der Waals surface area contributed by atoms with E-state index in [9.17, 15) is 9.59 Å². The number of aromatic amines is 1. The standard InChI is InChI=1S/C21H23N5O2/c1-22-20(27)16-7-8-26(13-16)12-14-3-2-4-15(9-14)21(28)24-18-5-6-19-17(10-18)11-23-25-19/h2-6,9-11,16H,7-8,12-13H2,1H3,(H,22,27)(H,23,25)(H,24,28)/t16-/m0/s1. The molecule has 1 aliphatic heterocycles. The van der Waals surface area contributed by atoms with E-state index in [2.05, 4.69) is 25.7 Å². The fourth-order valence-electron chi connectivity index (χ4n) is 3.69. The lowest BCUT2D eigenvalue weighted by molar-refractivity contribution is -0.124. The van der Waals surface area contributed by atoms with Crippen molar-refractivity contribution in [1.29, 1.82) is 0 Å². The van der Waals surface area contributed by atoms with Crippen molar-refractivity contribution in [3.05, 3.63) is 59.8 Å². The van der Waals surface area contributed by atoms with Gasteiger partial charge in [0, 0.05) is 36.8 Å². The van der Waals surface area contributed by atoms with Crippen molar-refractivity contribution >= 4 is 28.4 Å². The topological polar surface area (TPSA) is 90.1 Å². The number of likely N-dealkylation sites (tertiary alicyclic amines) is 1. The SMILES string of the molecule is CNC(=O)[C@H]1CCN(Cc2cccc(C(=O)Nc3ccc4[nH]ncc4c3)c2)C1. The van der Waals surface area contributed by atoms with E-state index in [0.29, 0.717) is 5.56 Å². The molecule has 28 heavy (non-hydrogen) atoms. The smallest absolute Gasteiger partial charge is 0.255 e. The number of hydrogen-bond donors (Lipinski definition) is 3. The minimum atomic E-state index is -0.144. The van der Waals surface area contributed by atoms with Gasteiger partial charge in [0.15, 0.2) is 0 Å². The van der Waals surface area contributed by atoms with Crippen LogP contribution in [0.2, 0.25) is 0 Å². The summed E-state index contributed by atoms with van der Waals surface area (Å²) in [6.07, 6.45) is 2.60. The Bertz CT molecular complexity index is 1010. The predicted molar refractivity (Wildman–Crippen MR) is 108 cm³/mol. The van der Waals surface area contributed by atoms with E-state index in [1.54, 1.807) is 13.2 Å². The molecule has 0 spiro atoms. The second-order valence-corrected chi connectivity index (χ2v) is 7.16. The Kier molecular flexibility index (Phi) is 5.08.